The number of carbonyl (C=O) groups excluding carboxylic acids is 4. The number of H-pyrrole nitrogens is 1. The number of aromatic nitrogens is 3. The lowest BCUT2D eigenvalue weighted by atomic mass is 9.78. The highest BCUT2D eigenvalue weighted by atomic mass is 16.5. The number of imidazole rings is 1. The second-order valence-corrected chi connectivity index (χ2v) is 15.5. The summed E-state index contributed by atoms with van der Waals surface area (Å²) >= 11 is 0. The molecule has 1 saturated carbocycles. The third kappa shape index (κ3) is 8.42. The van der Waals surface area contributed by atoms with E-state index in [0.29, 0.717) is 24.9 Å². The van der Waals surface area contributed by atoms with Crippen molar-refractivity contribution in [3.05, 3.63) is 59.7 Å². The van der Waals surface area contributed by atoms with Gasteiger partial charge in [-0.1, -0.05) is 52.0 Å². The first kappa shape index (κ1) is 38.8. The van der Waals surface area contributed by atoms with E-state index in [1.807, 2.05) is 45.0 Å². The molecule has 1 aliphatic carbocycles. The highest BCUT2D eigenvalue weighted by molar-refractivity contribution is 5.87. The fourth-order valence-corrected chi connectivity index (χ4v) is 8.30. The second kappa shape index (κ2) is 17.1. The number of alkyl carbamates (subject to hydrolysis) is 2. The number of methoxy groups -OCH3 is 2. The molecule has 6 rings (SSSR count). The molecule has 3 N–H and O–H groups in total. The predicted molar refractivity (Wildman–Crippen MR) is 200 cm³/mol. The van der Waals surface area contributed by atoms with Gasteiger partial charge in [-0.05, 0) is 80.2 Å². The quantitative estimate of drug-likeness (QED) is 0.196. The van der Waals surface area contributed by atoms with Crippen LogP contribution in [-0.2, 0) is 19.1 Å². The van der Waals surface area contributed by atoms with Crippen LogP contribution in [0.3, 0.4) is 0 Å². The molecule has 14 nitrogen and oxygen atoms in total. The molecule has 54 heavy (non-hydrogen) atoms. The van der Waals surface area contributed by atoms with E-state index in [1.165, 1.54) is 19.8 Å². The van der Waals surface area contributed by atoms with Crippen LogP contribution in [-0.4, -0.2) is 88.1 Å². The molecule has 3 aromatic rings. The lowest BCUT2D eigenvalue weighted by molar-refractivity contribution is -0.136. The number of nitrogens with one attached hydrogen (secondary N) is 3. The van der Waals surface area contributed by atoms with E-state index in [2.05, 4.69) is 44.9 Å². The van der Waals surface area contributed by atoms with Crippen molar-refractivity contribution in [1.29, 1.82) is 0 Å². The van der Waals surface area contributed by atoms with Crippen molar-refractivity contribution < 1.29 is 33.1 Å². The maximum Gasteiger partial charge on any atom is 0.407 e. The number of ether oxygens (including phenoxy) is 2. The van der Waals surface area contributed by atoms with Crippen LogP contribution in [0.1, 0.15) is 126 Å². The summed E-state index contributed by atoms with van der Waals surface area (Å²) in [6.07, 6.45) is 9.74. The first-order valence-corrected chi connectivity index (χ1v) is 19.4. The standard InChI is InChI=1S/C40H55N7O7/c1-23(2)33(44-39(50)52-5)37(48)46-19-7-9-30(46)35-41-21-29(43-35)27-15-11-25(12-16-27)26-13-17-28(18-14-26)32-22-42-36(54-32)31-10-8-20-47(31)38(49)34(24(3)4)45-40(51)53-6/h11-12,15-16,21-24,26,28,30-31,33-34H,7-10,13-14,17-20H2,1-6H3,(H,41,43)(H,44,50)(H,45,51)/t26?,28?,30-,31-,33+,34+/m1/s1. The molecule has 0 spiro atoms. The molecule has 0 radical (unpaired) electrons. The lowest BCUT2D eigenvalue weighted by Gasteiger charge is -2.30. The molecule has 4 heterocycles. The fraction of sp³-hybridized carbons (Fsp3) is 0.600. The Hall–Kier alpha value is -4.88. The van der Waals surface area contributed by atoms with E-state index in [4.69, 9.17) is 18.9 Å². The van der Waals surface area contributed by atoms with Crippen molar-refractivity contribution in [3.63, 3.8) is 0 Å². The minimum Gasteiger partial charge on any atom is -0.453 e. The van der Waals surface area contributed by atoms with E-state index in [1.54, 1.807) is 4.90 Å². The van der Waals surface area contributed by atoms with Crippen LogP contribution in [0.15, 0.2) is 41.1 Å². The van der Waals surface area contributed by atoms with Crippen LogP contribution >= 0.6 is 0 Å². The predicted octanol–water partition coefficient (Wildman–Crippen LogP) is 6.59. The number of nitrogens with zero attached hydrogens (tertiary/aromatic N) is 4. The summed E-state index contributed by atoms with van der Waals surface area (Å²) in [6.45, 7) is 8.82. The van der Waals surface area contributed by atoms with Gasteiger partial charge < -0.3 is 39.3 Å². The molecular formula is C40H55N7O7. The van der Waals surface area contributed by atoms with E-state index >= 15 is 0 Å². The number of hydrogen-bond donors (Lipinski definition) is 3. The van der Waals surface area contributed by atoms with Gasteiger partial charge in [0.15, 0.2) is 0 Å². The van der Waals surface area contributed by atoms with Gasteiger partial charge in [-0.3, -0.25) is 9.59 Å². The smallest absolute Gasteiger partial charge is 0.407 e. The summed E-state index contributed by atoms with van der Waals surface area (Å²) in [5.74, 6) is 2.44. The Morgan fingerprint density at radius 1 is 0.741 bits per heavy atom. The minimum atomic E-state index is -0.684. The molecule has 0 unspecified atom stereocenters. The summed E-state index contributed by atoms with van der Waals surface area (Å²) in [5, 5.41) is 5.40. The number of amides is 4. The maximum atomic E-state index is 13.5. The fourth-order valence-electron chi connectivity index (χ4n) is 8.30. The molecule has 0 bridgehead atoms. The molecule has 14 heteroatoms. The molecule has 2 saturated heterocycles. The van der Waals surface area contributed by atoms with Crippen LogP contribution in [0.4, 0.5) is 9.59 Å². The van der Waals surface area contributed by atoms with Crippen LogP contribution in [0, 0.1) is 11.8 Å². The van der Waals surface area contributed by atoms with E-state index < -0.39 is 24.3 Å². The summed E-state index contributed by atoms with van der Waals surface area (Å²) in [6, 6.07) is 6.88. The molecular weight excluding hydrogens is 690 g/mol. The van der Waals surface area contributed by atoms with Crippen LogP contribution < -0.4 is 10.6 Å². The number of likely N-dealkylation sites (tertiary alicyclic amines) is 2. The minimum absolute atomic E-state index is 0.0944. The largest absolute Gasteiger partial charge is 0.453 e. The molecule has 292 valence electrons. The summed E-state index contributed by atoms with van der Waals surface area (Å²) in [5.41, 5.74) is 3.24. The third-order valence-corrected chi connectivity index (χ3v) is 11.4. The Kier molecular flexibility index (Phi) is 12.3. The normalized spacial score (nSPS) is 22.7. The van der Waals surface area contributed by atoms with Crippen molar-refractivity contribution in [2.75, 3.05) is 27.3 Å². The SMILES string of the molecule is COC(=O)N[C@H](C(=O)N1CCC[C@@H]1c1ncc(-c2ccc(C3CCC(c4cnc([C@H]5CCCN5C(=O)[C@@H](NC(=O)OC)C(C)C)o4)CC3)cc2)[nH]1)C(C)C. The van der Waals surface area contributed by atoms with Gasteiger partial charge in [0.1, 0.15) is 29.7 Å². The van der Waals surface area contributed by atoms with Crippen molar-refractivity contribution >= 4 is 24.0 Å². The van der Waals surface area contributed by atoms with E-state index in [-0.39, 0.29) is 41.7 Å². The Morgan fingerprint density at radius 2 is 1.28 bits per heavy atom. The van der Waals surface area contributed by atoms with Gasteiger partial charge in [-0.15, -0.1) is 0 Å². The highest BCUT2D eigenvalue weighted by Crippen LogP contribution is 2.42. The van der Waals surface area contributed by atoms with Crippen LogP contribution in [0.5, 0.6) is 0 Å². The number of aromatic amines is 1. The number of carbonyl (C=O) groups is 4. The van der Waals surface area contributed by atoms with Gasteiger partial charge >= 0.3 is 12.2 Å². The zero-order valence-corrected chi connectivity index (χ0v) is 32.3. The molecule has 4 atom stereocenters. The van der Waals surface area contributed by atoms with Crippen molar-refractivity contribution in [1.82, 2.24) is 35.4 Å². The van der Waals surface area contributed by atoms with Gasteiger partial charge in [0.25, 0.3) is 0 Å². The Labute approximate surface area is 317 Å². The summed E-state index contributed by atoms with van der Waals surface area (Å²) in [4.78, 5) is 67.3. The Bertz CT molecular complexity index is 1760. The van der Waals surface area contributed by atoms with Crippen molar-refractivity contribution in [2.24, 2.45) is 11.8 Å². The number of benzene rings is 1. The summed E-state index contributed by atoms with van der Waals surface area (Å²) < 4.78 is 15.9. The maximum absolute atomic E-state index is 13.5. The van der Waals surface area contributed by atoms with E-state index in [0.717, 1.165) is 74.2 Å². The zero-order valence-electron chi connectivity index (χ0n) is 32.3. The molecule has 1 aromatic carbocycles. The third-order valence-electron chi connectivity index (χ3n) is 11.4. The summed E-state index contributed by atoms with van der Waals surface area (Å²) in [7, 11) is 2.59. The van der Waals surface area contributed by atoms with Gasteiger partial charge in [0.2, 0.25) is 17.7 Å². The molecule has 2 aliphatic heterocycles. The Balaban J connectivity index is 1.04. The molecule has 3 aliphatic rings. The molecule has 4 amide bonds. The first-order chi connectivity index (χ1) is 26.0. The van der Waals surface area contributed by atoms with Crippen LogP contribution in [0.25, 0.3) is 11.3 Å². The van der Waals surface area contributed by atoms with Crippen molar-refractivity contribution in [3.8, 4) is 11.3 Å². The second-order valence-electron chi connectivity index (χ2n) is 15.5. The highest BCUT2D eigenvalue weighted by Gasteiger charge is 2.40. The number of oxazole rings is 1. The number of rotatable bonds is 11. The van der Waals surface area contributed by atoms with Gasteiger partial charge in [0.05, 0.1) is 38.3 Å². The van der Waals surface area contributed by atoms with Gasteiger partial charge in [-0.2, -0.15) is 0 Å². The first-order valence-electron chi connectivity index (χ1n) is 19.4. The van der Waals surface area contributed by atoms with E-state index in [9.17, 15) is 19.2 Å². The molecule has 2 aromatic heterocycles. The number of hydrogen-bond acceptors (Lipinski definition) is 9. The topological polar surface area (TPSA) is 172 Å². The molecule has 3 fully saturated rings. The monoisotopic (exact) mass is 745 g/mol. The Morgan fingerprint density at radius 3 is 1.83 bits per heavy atom. The average molecular weight is 746 g/mol. The van der Waals surface area contributed by atoms with Crippen molar-refractivity contribution in [2.45, 2.75) is 115 Å². The lowest BCUT2D eigenvalue weighted by Crippen LogP contribution is -2.51. The van der Waals surface area contributed by atoms with Gasteiger partial charge in [-0.25, -0.2) is 19.6 Å². The zero-order chi connectivity index (χ0) is 38.5. The average Bonchev–Trinajstić information content (AvgIpc) is 4.02. The van der Waals surface area contributed by atoms with Crippen LogP contribution in [0.2, 0.25) is 0 Å². The van der Waals surface area contributed by atoms with Gasteiger partial charge in [0, 0.05) is 19.0 Å².